The Morgan fingerprint density at radius 2 is 0.873 bits per heavy atom. The number of anilines is 3. The normalized spacial score (nSPS) is 12.2. The minimum Gasteiger partial charge on any atom is -0.311 e. The molecule has 0 aliphatic carbocycles. The Balaban J connectivity index is 1.15. The van der Waals surface area contributed by atoms with Crippen molar-refractivity contribution in [1.82, 2.24) is 14.1 Å². The van der Waals surface area contributed by atoms with Gasteiger partial charge in [0.2, 0.25) is 0 Å². The number of hydrogen-bond acceptors (Lipinski definition) is 2. The van der Waals surface area contributed by atoms with E-state index in [0.29, 0.717) is 0 Å². The first-order valence-corrected chi connectivity index (χ1v) is 19.2. The Morgan fingerprint density at radius 3 is 1.44 bits per heavy atom. The van der Waals surface area contributed by atoms with Gasteiger partial charge in [0, 0.05) is 44.8 Å². The SMILES string of the molecule is CC(C)(C)c1cc2nc(-c3ccc(N(c4ccccc4)c4ccc(-n5c6ccccc6c6ccccc65)cc4)cc3)n(-c3ccccc3)c2cc1C(C)(C)C. The highest BCUT2D eigenvalue weighted by atomic mass is 15.1. The summed E-state index contributed by atoms with van der Waals surface area (Å²) in [6.45, 7) is 13.8. The molecule has 0 N–H and O–H groups in total. The Hall–Kier alpha value is -6.39. The summed E-state index contributed by atoms with van der Waals surface area (Å²) in [6.07, 6.45) is 0. The molecule has 0 saturated carbocycles. The number of nitrogens with zero attached hydrogens (tertiary/aromatic N) is 4. The van der Waals surface area contributed by atoms with E-state index in [1.807, 2.05) is 0 Å². The van der Waals surface area contributed by atoms with E-state index in [2.05, 4.69) is 225 Å². The van der Waals surface area contributed by atoms with Crippen LogP contribution in [-0.4, -0.2) is 14.1 Å². The van der Waals surface area contributed by atoms with Gasteiger partial charge in [0.15, 0.2) is 0 Å². The third-order valence-electron chi connectivity index (χ3n) is 10.8. The van der Waals surface area contributed by atoms with E-state index in [1.165, 1.54) is 32.9 Å². The van der Waals surface area contributed by atoms with Crippen molar-refractivity contribution in [3.63, 3.8) is 0 Å². The molecular weight excluding hydrogens is 669 g/mol. The molecule has 0 fully saturated rings. The van der Waals surface area contributed by atoms with Crippen molar-refractivity contribution in [3.8, 4) is 22.8 Å². The van der Waals surface area contributed by atoms with Gasteiger partial charge in [-0.3, -0.25) is 4.57 Å². The maximum absolute atomic E-state index is 5.37. The third-order valence-corrected chi connectivity index (χ3v) is 10.8. The molecule has 0 saturated heterocycles. The summed E-state index contributed by atoms with van der Waals surface area (Å²) >= 11 is 0. The first kappa shape index (κ1) is 34.4. The summed E-state index contributed by atoms with van der Waals surface area (Å²) in [5, 5.41) is 2.52. The van der Waals surface area contributed by atoms with E-state index >= 15 is 0 Å². The molecular formula is C51H46N4. The van der Waals surface area contributed by atoms with E-state index in [1.54, 1.807) is 0 Å². The number of fused-ring (bicyclic) bond motifs is 4. The molecule has 0 amide bonds. The van der Waals surface area contributed by atoms with Gasteiger partial charge in [-0.2, -0.15) is 0 Å². The molecule has 270 valence electrons. The highest BCUT2D eigenvalue weighted by molar-refractivity contribution is 6.09. The Bertz CT molecular complexity index is 2740. The molecule has 4 heteroatoms. The van der Waals surface area contributed by atoms with Gasteiger partial charge < -0.3 is 9.47 Å². The molecule has 9 aromatic rings. The minimum atomic E-state index is -0.0209. The summed E-state index contributed by atoms with van der Waals surface area (Å²) in [4.78, 5) is 7.70. The lowest BCUT2D eigenvalue weighted by Gasteiger charge is -2.30. The molecule has 0 aliphatic heterocycles. The molecule has 9 rings (SSSR count). The summed E-state index contributed by atoms with van der Waals surface area (Å²) in [7, 11) is 0. The van der Waals surface area contributed by atoms with Crippen molar-refractivity contribution < 1.29 is 0 Å². The van der Waals surface area contributed by atoms with E-state index in [4.69, 9.17) is 4.98 Å². The van der Waals surface area contributed by atoms with Crippen LogP contribution in [0.4, 0.5) is 17.1 Å². The molecule has 0 bridgehead atoms. The summed E-state index contributed by atoms with van der Waals surface area (Å²) in [6, 6.07) is 61.1. The molecule has 4 nitrogen and oxygen atoms in total. The summed E-state index contributed by atoms with van der Waals surface area (Å²) < 4.78 is 4.69. The van der Waals surface area contributed by atoms with Gasteiger partial charge >= 0.3 is 0 Å². The van der Waals surface area contributed by atoms with Crippen LogP contribution < -0.4 is 4.90 Å². The predicted octanol–water partition coefficient (Wildman–Crippen LogP) is 13.9. The molecule has 0 atom stereocenters. The van der Waals surface area contributed by atoms with Crippen LogP contribution in [0.1, 0.15) is 52.7 Å². The highest BCUT2D eigenvalue weighted by Crippen LogP contribution is 2.41. The number of hydrogen-bond donors (Lipinski definition) is 0. The zero-order valence-electron chi connectivity index (χ0n) is 32.5. The minimum absolute atomic E-state index is 0.0162. The largest absolute Gasteiger partial charge is 0.311 e. The second kappa shape index (κ2) is 13.2. The van der Waals surface area contributed by atoms with Gasteiger partial charge in [-0.15, -0.1) is 0 Å². The van der Waals surface area contributed by atoms with Crippen LogP contribution in [-0.2, 0) is 10.8 Å². The van der Waals surface area contributed by atoms with Crippen molar-refractivity contribution >= 4 is 49.9 Å². The Kier molecular flexibility index (Phi) is 8.24. The van der Waals surface area contributed by atoms with Crippen molar-refractivity contribution in [2.24, 2.45) is 0 Å². The van der Waals surface area contributed by atoms with Crippen molar-refractivity contribution in [1.29, 1.82) is 0 Å². The van der Waals surface area contributed by atoms with Gasteiger partial charge in [-0.25, -0.2) is 4.98 Å². The lowest BCUT2D eigenvalue weighted by Crippen LogP contribution is -2.22. The summed E-state index contributed by atoms with van der Waals surface area (Å²) in [5.41, 5.74) is 13.8. The maximum atomic E-state index is 5.37. The van der Waals surface area contributed by atoms with Gasteiger partial charge in [0.05, 0.1) is 22.1 Å². The molecule has 2 heterocycles. The zero-order valence-corrected chi connectivity index (χ0v) is 32.5. The monoisotopic (exact) mass is 714 g/mol. The molecule has 0 aliphatic rings. The van der Waals surface area contributed by atoms with E-state index in [0.717, 1.165) is 50.9 Å². The lowest BCUT2D eigenvalue weighted by molar-refractivity contribution is 0.531. The lowest BCUT2D eigenvalue weighted by atomic mass is 9.75. The number of benzene rings is 7. The van der Waals surface area contributed by atoms with Crippen LogP contribution in [0.5, 0.6) is 0 Å². The number of aromatic nitrogens is 3. The molecule has 0 spiro atoms. The first-order valence-electron chi connectivity index (χ1n) is 19.2. The zero-order chi connectivity index (χ0) is 37.9. The van der Waals surface area contributed by atoms with Crippen molar-refractivity contribution in [3.05, 3.63) is 181 Å². The van der Waals surface area contributed by atoms with Crippen LogP contribution in [0.2, 0.25) is 0 Å². The van der Waals surface area contributed by atoms with Gasteiger partial charge in [0.1, 0.15) is 5.82 Å². The number of imidazole rings is 1. The Morgan fingerprint density at radius 1 is 0.418 bits per heavy atom. The molecule has 55 heavy (non-hydrogen) atoms. The fraction of sp³-hybridized carbons (Fsp3) is 0.157. The van der Waals surface area contributed by atoms with Gasteiger partial charge in [-0.1, -0.05) is 114 Å². The van der Waals surface area contributed by atoms with Crippen LogP contribution in [0.3, 0.4) is 0 Å². The fourth-order valence-corrected chi connectivity index (χ4v) is 8.13. The smallest absolute Gasteiger partial charge is 0.145 e. The summed E-state index contributed by atoms with van der Waals surface area (Å²) in [5.74, 6) is 0.931. The number of rotatable bonds is 6. The number of para-hydroxylation sites is 4. The van der Waals surface area contributed by atoms with Crippen LogP contribution in [0, 0.1) is 0 Å². The van der Waals surface area contributed by atoms with E-state index in [-0.39, 0.29) is 10.8 Å². The van der Waals surface area contributed by atoms with Crippen molar-refractivity contribution in [2.75, 3.05) is 4.90 Å². The van der Waals surface area contributed by atoms with Crippen molar-refractivity contribution in [2.45, 2.75) is 52.4 Å². The van der Waals surface area contributed by atoms with Gasteiger partial charge in [0.25, 0.3) is 0 Å². The molecule has 7 aromatic carbocycles. The van der Waals surface area contributed by atoms with Crippen LogP contribution in [0.25, 0.3) is 55.6 Å². The van der Waals surface area contributed by atoms with Crippen LogP contribution in [0.15, 0.2) is 170 Å². The second-order valence-corrected chi connectivity index (χ2v) is 16.6. The van der Waals surface area contributed by atoms with Crippen LogP contribution >= 0.6 is 0 Å². The standard InChI is InChI=1S/C51H46N4/c1-50(2,3)43-33-45-48(34-44(43)51(4,5)6)55(37-19-11-8-12-20-37)49(52-45)35-25-27-38(28-26-35)53(36-17-9-7-10-18-36)39-29-31-40(32-30-39)54-46-23-15-13-21-41(46)42-22-14-16-24-47(42)54/h7-34H,1-6H3. The molecule has 0 unspecified atom stereocenters. The molecule has 0 radical (unpaired) electrons. The third kappa shape index (κ3) is 6.08. The highest BCUT2D eigenvalue weighted by Gasteiger charge is 2.28. The average molecular weight is 715 g/mol. The van der Waals surface area contributed by atoms with Gasteiger partial charge in [-0.05, 0) is 119 Å². The second-order valence-electron chi connectivity index (χ2n) is 16.6. The maximum Gasteiger partial charge on any atom is 0.145 e. The topological polar surface area (TPSA) is 26.0 Å². The quantitative estimate of drug-likeness (QED) is 0.171. The Labute approximate surface area is 323 Å². The predicted molar refractivity (Wildman–Crippen MR) is 233 cm³/mol. The van der Waals surface area contributed by atoms with E-state index < -0.39 is 0 Å². The van der Waals surface area contributed by atoms with E-state index in [9.17, 15) is 0 Å². The molecule has 2 aromatic heterocycles. The average Bonchev–Trinajstić information content (AvgIpc) is 3.74. The fourth-order valence-electron chi connectivity index (χ4n) is 8.13. The first-order chi connectivity index (χ1) is 26.6.